The van der Waals surface area contributed by atoms with Crippen molar-refractivity contribution < 1.29 is 9.59 Å². The molecule has 0 aliphatic carbocycles. The zero-order valence-electron chi connectivity index (χ0n) is 19.2. The first kappa shape index (κ1) is 21.6. The lowest BCUT2D eigenvalue weighted by Crippen LogP contribution is -2.46. The Morgan fingerprint density at radius 3 is 2.36 bits per heavy atom. The minimum absolute atomic E-state index is 0.0115. The number of nitrogens with zero attached hydrogens (tertiary/aromatic N) is 5. The molecule has 1 aromatic heterocycles. The number of carbonyl (C=O) groups excluding carboxylic acids is 2. The minimum Gasteiger partial charge on any atom is -0.342 e. The third-order valence-corrected chi connectivity index (χ3v) is 7.31. The van der Waals surface area contributed by atoms with Gasteiger partial charge in [0.1, 0.15) is 12.2 Å². The number of aryl methyl sites for hydroxylation is 1. The van der Waals surface area contributed by atoms with E-state index >= 15 is 0 Å². The van der Waals surface area contributed by atoms with Crippen LogP contribution in [0.3, 0.4) is 0 Å². The summed E-state index contributed by atoms with van der Waals surface area (Å²) in [6.45, 7) is 5.79. The van der Waals surface area contributed by atoms with Crippen LogP contribution in [0.5, 0.6) is 0 Å². The molecule has 172 valence electrons. The van der Waals surface area contributed by atoms with Crippen molar-refractivity contribution in [3.05, 3.63) is 60.2 Å². The molecule has 0 saturated carbocycles. The summed E-state index contributed by atoms with van der Waals surface area (Å²) < 4.78 is 2.10. The summed E-state index contributed by atoms with van der Waals surface area (Å²) in [5, 5.41) is 10.4. The number of fused-ring (bicyclic) bond motifs is 1. The molecule has 3 heterocycles. The van der Waals surface area contributed by atoms with Gasteiger partial charge in [-0.2, -0.15) is 0 Å². The number of aromatic nitrogens is 3. The molecule has 2 aromatic carbocycles. The summed E-state index contributed by atoms with van der Waals surface area (Å²) in [4.78, 5) is 30.3. The molecule has 2 aliphatic rings. The number of piperidine rings is 2. The van der Waals surface area contributed by atoms with Crippen molar-refractivity contribution in [3.8, 4) is 0 Å². The highest BCUT2D eigenvalue weighted by Gasteiger charge is 2.33. The van der Waals surface area contributed by atoms with Gasteiger partial charge in [-0.05, 0) is 49.4 Å². The Morgan fingerprint density at radius 1 is 0.909 bits per heavy atom. The standard InChI is InChI=1S/C26H31N5O2/c1-2-29-18-27-28-24(29)20-10-14-30(15-11-20)25(32)21-12-16-31(17-13-21)26(33)23-9-5-7-19-6-3-4-8-22(19)23/h3-9,18,20-21H,2,10-17H2,1H3. The molecule has 3 aromatic rings. The highest BCUT2D eigenvalue weighted by atomic mass is 16.2. The molecule has 7 nitrogen and oxygen atoms in total. The van der Waals surface area contributed by atoms with Gasteiger partial charge in [0.2, 0.25) is 5.91 Å². The first-order valence-electron chi connectivity index (χ1n) is 12.1. The fraction of sp³-hybridized carbons (Fsp3) is 0.462. The number of likely N-dealkylation sites (tertiary alicyclic amines) is 2. The van der Waals surface area contributed by atoms with E-state index in [4.69, 9.17) is 0 Å². The Kier molecular flexibility index (Phi) is 6.11. The van der Waals surface area contributed by atoms with Crippen molar-refractivity contribution >= 4 is 22.6 Å². The van der Waals surface area contributed by atoms with E-state index in [2.05, 4.69) is 21.7 Å². The van der Waals surface area contributed by atoms with Gasteiger partial charge in [0.15, 0.2) is 0 Å². The third kappa shape index (κ3) is 4.24. The van der Waals surface area contributed by atoms with E-state index in [0.717, 1.165) is 67.5 Å². The van der Waals surface area contributed by atoms with Crippen molar-refractivity contribution in [1.29, 1.82) is 0 Å². The summed E-state index contributed by atoms with van der Waals surface area (Å²) in [6.07, 6.45) is 5.13. The Balaban J connectivity index is 1.17. The fourth-order valence-electron chi connectivity index (χ4n) is 5.35. The van der Waals surface area contributed by atoms with Crippen LogP contribution in [0, 0.1) is 5.92 Å². The largest absolute Gasteiger partial charge is 0.342 e. The highest BCUT2D eigenvalue weighted by Crippen LogP contribution is 2.29. The van der Waals surface area contributed by atoms with E-state index < -0.39 is 0 Å². The molecular formula is C26H31N5O2. The Labute approximate surface area is 194 Å². The van der Waals surface area contributed by atoms with Crippen LogP contribution in [0.15, 0.2) is 48.8 Å². The van der Waals surface area contributed by atoms with Gasteiger partial charge >= 0.3 is 0 Å². The molecule has 2 amide bonds. The van der Waals surface area contributed by atoms with Gasteiger partial charge in [0.05, 0.1) is 0 Å². The first-order valence-corrected chi connectivity index (χ1v) is 12.1. The van der Waals surface area contributed by atoms with Gasteiger partial charge in [-0.15, -0.1) is 10.2 Å². The summed E-state index contributed by atoms with van der Waals surface area (Å²) in [6, 6.07) is 13.9. The second-order valence-electron chi connectivity index (χ2n) is 9.17. The molecule has 2 fully saturated rings. The van der Waals surface area contributed by atoms with Gasteiger partial charge in [-0.25, -0.2) is 0 Å². The van der Waals surface area contributed by atoms with Crippen LogP contribution in [0.4, 0.5) is 0 Å². The van der Waals surface area contributed by atoms with Crippen LogP contribution in [-0.4, -0.2) is 62.6 Å². The summed E-state index contributed by atoms with van der Waals surface area (Å²) in [7, 11) is 0. The number of carbonyl (C=O) groups is 2. The SMILES string of the molecule is CCn1cnnc1C1CCN(C(=O)C2CCN(C(=O)c3cccc4ccccc34)CC2)CC1. The molecular weight excluding hydrogens is 414 g/mol. The van der Waals surface area contributed by atoms with Crippen LogP contribution < -0.4 is 0 Å². The molecule has 0 spiro atoms. The molecule has 0 radical (unpaired) electrons. The van der Waals surface area contributed by atoms with Crippen LogP contribution in [-0.2, 0) is 11.3 Å². The Morgan fingerprint density at radius 2 is 1.61 bits per heavy atom. The predicted molar refractivity (Wildman–Crippen MR) is 127 cm³/mol. The third-order valence-electron chi connectivity index (χ3n) is 7.31. The predicted octanol–water partition coefficient (Wildman–Crippen LogP) is 3.71. The lowest BCUT2D eigenvalue weighted by Gasteiger charge is -2.37. The second-order valence-corrected chi connectivity index (χ2v) is 9.17. The normalized spacial score (nSPS) is 18.1. The van der Waals surface area contributed by atoms with Gasteiger partial charge in [-0.1, -0.05) is 36.4 Å². The molecule has 33 heavy (non-hydrogen) atoms. The molecule has 0 atom stereocenters. The van der Waals surface area contributed by atoms with Crippen molar-refractivity contribution in [2.75, 3.05) is 26.2 Å². The summed E-state index contributed by atoms with van der Waals surface area (Å²) >= 11 is 0. The average Bonchev–Trinajstić information content (AvgIpc) is 3.37. The van der Waals surface area contributed by atoms with Crippen molar-refractivity contribution in [3.63, 3.8) is 0 Å². The van der Waals surface area contributed by atoms with Gasteiger partial charge in [0.25, 0.3) is 5.91 Å². The second kappa shape index (κ2) is 9.33. The first-order chi connectivity index (χ1) is 16.2. The maximum absolute atomic E-state index is 13.2. The van der Waals surface area contributed by atoms with Crippen LogP contribution in [0.2, 0.25) is 0 Å². The Hall–Kier alpha value is -3.22. The zero-order valence-corrected chi connectivity index (χ0v) is 19.2. The highest BCUT2D eigenvalue weighted by molar-refractivity contribution is 6.07. The number of benzene rings is 2. The summed E-state index contributed by atoms with van der Waals surface area (Å²) in [5.41, 5.74) is 0.750. The van der Waals surface area contributed by atoms with Gasteiger partial charge in [0, 0.05) is 50.1 Å². The molecule has 7 heteroatoms. The number of rotatable bonds is 4. The molecule has 0 bridgehead atoms. The lowest BCUT2D eigenvalue weighted by atomic mass is 9.91. The smallest absolute Gasteiger partial charge is 0.254 e. The van der Waals surface area contributed by atoms with Crippen molar-refractivity contribution in [1.82, 2.24) is 24.6 Å². The fourth-order valence-corrected chi connectivity index (χ4v) is 5.35. The van der Waals surface area contributed by atoms with Gasteiger partial charge in [-0.3, -0.25) is 9.59 Å². The van der Waals surface area contributed by atoms with E-state index in [1.54, 1.807) is 6.33 Å². The molecule has 2 saturated heterocycles. The van der Waals surface area contributed by atoms with Gasteiger partial charge < -0.3 is 14.4 Å². The van der Waals surface area contributed by atoms with E-state index in [9.17, 15) is 9.59 Å². The lowest BCUT2D eigenvalue weighted by molar-refractivity contribution is -0.138. The maximum Gasteiger partial charge on any atom is 0.254 e. The summed E-state index contributed by atoms with van der Waals surface area (Å²) in [5.74, 6) is 1.75. The quantitative estimate of drug-likeness (QED) is 0.614. The molecule has 0 unspecified atom stereocenters. The zero-order chi connectivity index (χ0) is 22.8. The van der Waals surface area contributed by atoms with E-state index in [-0.39, 0.29) is 17.7 Å². The molecule has 0 N–H and O–H groups in total. The van der Waals surface area contributed by atoms with E-state index in [1.165, 1.54) is 0 Å². The van der Waals surface area contributed by atoms with E-state index in [0.29, 0.717) is 19.0 Å². The van der Waals surface area contributed by atoms with Crippen LogP contribution >= 0.6 is 0 Å². The van der Waals surface area contributed by atoms with Crippen molar-refractivity contribution in [2.45, 2.75) is 45.1 Å². The monoisotopic (exact) mass is 445 g/mol. The number of amides is 2. The number of hydrogen-bond acceptors (Lipinski definition) is 4. The van der Waals surface area contributed by atoms with Crippen LogP contribution in [0.25, 0.3) is 10.8 Å². The van der Waals surface area contributed by atoms with E-state index in [1.807, 2.05) is 52.3 Å². The topological polar surface area (TPSA) is 71.3 Å². The number of hydrogen-bond donors (Lipinski definition) is 0. The van der Waals surface area contributed by atoms with Crippen LogP contribution in [0.1, 0.15) is 54.7 Å². The Bertz CT molecular complexity index is 1140. The van der Waals surface area contributed by atoms with Crippen molar-refractivity contribution in [2.24, 2.45) is 5.92 Å². The maximum atomic E-state index is 13.2. The average molecular weight is 446 g/mol. The molecule has 2 aliphatic heterocycles. The molecule has 5 rings (SSSR count). The minimum atomic E-state index is 0.0115.